The van der Waals surface area contributed by atoms with Crippen molar-refractivity contribution in [1.29, 1.82) is 0 Å². The largest absolute Gasteiger partial charge is 0.416 e. The summed E-state index contributed by atoms with van der Waals surface area (Å²) >= 11 is 0. The fraction of sp³-hybridized carbons (Fsp3) is 0.0526. The average molecular weight is 387 g/mol. The molecule has 0 aliphatic carbocycles. The number of pyridine rings is 1. The Hall–Kier alpha value is -3.75. The van der Waals surface area contributed by atoms with Crippen molar-refractivity contribution in [3.05, 3.63) is 88.1 Å². The minimum atomic E-state index is -4.47. The summed E-state index contributed by atoms with van der Waals surface area (Å²) in [4.78, 5) is 26.3. The molecule has 0 atom stereocenters. The van der Waals surface area contributed by atoms with E-state index in [9.17, 15) is 28.1 Å². The van der Waals surface area contributed by atoms with Gasteiger partial charge in [-0.3, -0.25) is 19.9 Å². The Balaban J connectivity index is 1.75. The number of nitrogens with one attached hydrogen (secondary N) is 1. The highest BCUT2D eigenvalue weighted by molar-refractivity contribution is 6.04. The second-order valence-electron chi connectivity index (χ2n) is 5.76. The monoisotopic (exact) mass is 387 g/mol. The van der Waals surface area contributed by atoms with Crippen LogP contribution in [0.25, 0.3) is 11.3 Å². The number of hydrogen-bond donors (Lipinski definition) is 1. The van der Waals surface area contributed by atoms with E-state index in [2.05, 4.69) is 10.3 Å². The lowest BCUT2D eigenvalue weighted by Gasteiger charge is -2.09. The molecule has 1 heterocycles. The van der Waals surface area contributed by atoms with Gasteiger partial charge in [0.25, 0.3) is 11.6 Å². The number of hydrogen-bond acceptors (Lipinski definition) is 4. The summed E-state index contributed by atoms with van der Waals surface area (Å²) in [6.45, 7) is 0. The number of carbonyl (C=O) groups is 1. The first-order valence-electron chi connectivity index (χ1n) is 7.93. The van der Waals surface area contributed by atoms with Crippen molar-refractivity contribution in [3.63, 3.8) is 0 Å². The molecule has 3 aromatic rings. The van der Waals surface area contributed by atoms with Gasteiger partial charge in [-0.05, 0) is 36.4 Å². The van der Waals surface area contributed by atoms with Crippen LogP contribution in [0.15, 0.2) is 66.9 Å². The summed E-state index contributed by atoms with van der Waals surface area (Å²) in [6.07, 6.45) is -3.39. The van der Waals surface area contributed by atoms with Gasteiger partial charge < -0.3 is 5.32 Å². The zero-order chi connectivity index (χ0) is 20.3. The molecule has 0 aliphatic heterocycles. The molecule has 6 nitrogen and oxygen atoms in total. The van der Waals surface area contributed by atoms with Gasteiger partial charge >= 0.3 is 6.18 Å². The number of benzene rings is 2. The third-order valence-corrected chi connectivity index (χ3v) is 3.87. The van der Waals surface area contributed by atoms with Gasteiger partial charge in [-0.1, -0.05) is 12.1 Å². The van der Waals surface area contributed by atoms with Crippen LogP contribution in [0.5, 0.6) is 0 Å². The van der Waals surface area contributed by atoms with Crippen molar-refractivity contribution >= 4 is 17.3 Å². The van der Waals surface area contributed by atoms with E-state index >= 15 is 0 Å². The van der Waals surface area contributed by atoms with Gasteiger partial charge in [0.15, 0.2) is 0 Å². The molecule has 0 saturated carbocycles. The zero-order valence-corrected chi connectivity index (χ0v) is 14.1. The van der Waals surface area contributed by atoms with Crippen molar-refractivity contribution in [2.75, 3.05) is 5.32 Å². The molecule has 1 N–H and O–H groups in total. The fourth-order valence-corrected chi connectivity index (χ4v) is 2.43. The molecule has 9 heteroatoms. The van der Waals surface area contributed by atoms with E-state index in [0.717, 1.165) is 18.3 Å². The van der Waals surface area contributed by atoms with Crippen LogP contribution in [0.4, 0.5) is 24.5 Å². The molecule has 0 spiro atoms. The summed E-state index contributed by atoms with van der Waals surface area (Å²) < 4.78 is 38.4. The van der Waals surface area contributed by atoms with Crippen LogP contribution in [0.3, 0.4) is 0 Å². The average Bonchev–Trinajstić information content (AvgIpc) is 2.68. The molecule has 2 aromatic carbocycles. The number of halogens is 3. The lowest BCUT2D eigenvalue weighted by atomic mass is 10.1. The van der Waals surface area contributed by atoms with E-state index in [4.69, 9.17) is 0 Å². The van der Waals surface area contributed by atoms with Crippen LogP contribution >= 0.6 is 0 Å². The van der Waals surface area contributed by atoms with Gasteiger partial charge in [0.1, 0.15) is 0 Å². The Morgan fingerprint density at radius 1 is 1.00 bits per heavy atom. The van der Waals surface area contributed by atoms with Crippen molar-refractivity contribution in [3.8, 4) is 11.3 Å². The van der Waals surface area contributed by atoms with Crippen LogP contribution < -0.4 is 5.32 Å². The van der Waals surface area contributed by atoms with E-state index in [0.29, 0.717) is 11.3 Å². The van der Waals surface area contributed by atoms with E-state index in [1.807, 2.05) is 0 Å². The minimum Gasteiger partial charge on any atom is -0.322 e. The number of non-ortho nitro benzene ring substituents is 1. The molecular formula is C19H12F3N3O3. The van der Waals surface area contributed by atoms with E-state index in [1.165, 1.54) is 48.5 Å². The second-order valence-corrected chi connectivity index (χ2v) is 5.76. The highest BCUT2D eigenvalue weighted by Gasteiger charge is 2.30. The topological polar surface area (TPSA) is 85.1 Å². The second kappa shape index (κ2) is 7.47. The van der Waals surface area contributed by atoms with Crippen molar-refractivity contribution in [2.45, 2.75) is 6.18 Å². The first-order valence-corrected chi connectivity index (χ1v) is 7.93. The Morgan fingerprint density at radius 3 is 2.21 bits per heavy atom. The predicted octanol–water partition coefficient (Wildman–Crippen LogP) is 4.93. The molecule has 0 unspecified atom stereocenters. The molecule has 0 bridgehead atoms. The Labute approximate surface area is 156 Å². The molecule has 0 aliphatic rings. The van der Waals surface area contributed by atoms with E-state index in [-0.39, 0.29) is 16.9 Å². The molecule has 3 rings (SSSR count). The number of nitro benzene ring substituents is 1. The van der Waals surface area contributed by atoms with Crippen LogP contribution in [0.1, 0.15) is 15.9 Å². The van der Waals surface area contributed by atoms with Gasteiger partial charge in [0.2, 0.25) is 0 Å². The number of rotatable bonds is 4. The SMILES string of the molecule is O=C(Nc1ccc([N+](=O)[O-])cc1)c1ccc(-c2cc(C(F)(F)F)ccn2)cc1. The molecule has 0 radical (unpaired) electrons. The number of alkyl halides is 3. The first-order chi connectivity index (χ1) is 13.2. The maximum absolute atomic E-state index is 12.8. The lowest BCUT2D eigenvalue weighted by molar-refractivity contribution is -0.384. The highest BCUT2D eigenvalue weighted by Crippen LogP contribution is 2.31. The van der Waals surface area contributed by atoms with Crippen LogP contribution in [-0.4, -0.2) is 15.8 Å². The van der Waals surface area contributed by atoms with Gasteiger partial charge in [0.05, 0.1) is 16.2 Å². The Bertz CT molecular complexity index is 1020. The number of carbonyl (C=O) groups excluding carboxylic acids is 1. The number of nitro groups is 1. The number of anilines is 1. The summed E-state index contributed by atoms with van der Waals surface area (Å²) in [5.74, 6) is -0.461. The summed E-state index contributed by atoms with van der Waals surface area (Å²) in [5, 5.41) is 13.2. The van der Waals surface area contributed by atoms with Crippen molar-refractivity contribution in [2.24, 2.45) is 0 Å². The third-order valence-electron chi connectivity index (χ3n) is 3.87. The summed E-state index contributed by atoms with van der Waals surface area (Å²) in [7, 11) is 0. The predicted molar refractivity (Wildman–Crippen MR) is 95.7 cm³/mol. The van der Waals surface area contributed by atoms with Gasteiger partial charge in [-0.2, -0.15) is 13.2 Å². The van der Waals surface area contributed by atoms with Crippen molar-refractivity contribution < 1.29 is 22.9 Å². The smallest absolute Gasteiger partial charge is 0.322 e. The molecule has 28 heavy (non-hydrogen) atoms. The fourth-order valence-electron chi connectivity index (χ4n) is 2.43. The molecule has 1 aromatic heterocycles. The quantitative estimate of drug-likeness (QED) is 0.508. The Morgan fingerprint density at radius 2 is 1.64 bits per heavy atom. The van der Waals surface area contributed by atoms with Crippen LogP contribution in [0.2, 0.25) is 0 Å². The molecular weight excluding hydrogens is 375 g/mol. The van der Waals surface area contributed by atoms with Crippen LogP contribution in [0, 0.1) is 10.1 Å². The van der Waals surface area contributed by atoms with E-state index in [1.54, 1.807) is 0 Å². The number of amides is 1. The highest BCUT2D eigenvalue weighted by atomic mass is 19.4. The van der Waals surface area contributed by atoms with Gasteiger partial charge in [-0.25, -0.2) is 0 Å². The van der Waals surface area contributed by atoms with Gasteiger partial charge in [0, 0.05) is 35.1 Å². The number of aromatic nitrogens is 1. The minimum absolute atomic E-state index is 0.101. The Kier molecular flexibility index (Phi) is 5.08. The maximum Gasteiger partial charge on any atom is 0.416 e. The molecule has 0 saturated heterocycles. The zero-order valence-electron chi connectivity index (χ0n) is 14.1. The van der Waals surface area contributed by atoms with Crippen LogP contribution in [-0.2, 0) is 6.18 Å². The van der Waals surface area contributed by atoms with Gasteiger partial charge in [-0.15, -0.1) is 0 Å². The third kappa shape index (κ3) is 4.32. The van der Waals surface area contributed by atoms with E-state index < -0.39 is 22.6 Å². The molecule has 142 valence electrons. The maximum atomic E-state index is 12.8. The summed E-state index contributed by atoms with van der Waals surface area (Å²) in [5.41, 5.74) is 0.303. The number of nitrogens with zero attached hydrogens (tertiary/aromatic N) is 2. The van der Waals surface area contributed by atoms with Crippen molar-refractivity contribution in [1.82, 2.24) is 4.98 Å². The molecule has 1 amide bonds. The molecule has 0 fully saturated rings. The standard InChI is InChI=1S/C19H12F3N3O3/c20-19(21,22)14-9-10-23-17(11-14)12-1-3-13(4-2-12)18(26)24-15-5-7-16(8-6-15)25(27)28/h1-11H,(H,24,26). The summed E-state index contributed by atoms with van der Waals surface area (Å²) in [6, 6.07) is 13.0. The lowest BCUT2D eigenvalue weighted by Crippen LogP contribution is -2.11. The normalized spacial score (nSPS) is 11.1. The first kappa shape index (κ1) is 19.0.